The highest BCUT2D eigenvalue weighted by atomic mass is 19.4. The van der Waals surface area contributed by atoms with Crippen LogP contribution < -0.4 is 9.47 Å². The molecule has 0 N–H and O–H groups in total. The second kappa shape index (κ2) is 8.25. The smallest absolute Gasteiger partial charge is 0.484 e. The van der Waals surface area contributed by atoms with Crippen LogP contribution in [0, 0.1) is 11.3 Å². The molecule has 26 heavy (non-hydrogen) atoms. The lowest BCUT2D eigenvalue weighted by Crippen LogP contribution is -2.31. The zero-order chi connectivity index (χ0) is 19.2. The van der Waals surface area contributed by atoms with Gasteiger partial charge in [0.15, 0.2) is 6.61 Å². The maximum atomic E-state index is 12.4. The summed E-state index contributed by atoms with van der Waals surface area (Å²) < 4.78 is 46.6. The Bertz CT molecular complexity index is 799. The molecular formula is C18H15F3N2O3. The van der Waals surface area contributed by atoms with E-state index in [2.05, 4.69) is 4.74 Å². The van der Waals surface area contributed by atoms with E-state index in [4.69, 9.17) is 10.00 Å². The normalized spacial score (nSPS) is 10.7. The number of alkyl halides is 3. The van der Waals surface area contributed by atoms with Crippen molar-refractivity contribution in [3.8, 4) is 17.6 Å². The highest BCUT2D eigenvalue weighted by Crippen LogP contribution is 2.27. The molecule has 0 saturated heterocycles. The van der Waals surface area contributed by atoms with Crippen molar-refractivity contribution >= 4 is 5.91 Å². The number of hydrogen-bond acceptors (Lipinski definition) is 4. The Balaban J connectivity index is 1.95. The van der Waals surface area contributed by atoms with Crippen LogP contribution >= 0.6 is 0 Å². The number of ether oxygens (including phenoxy) is 2. The molecule has 0 unspecified atom stereocenters. The van der Waals surface area contributed by atoms with Gasteiger partial charge in [-0.3, -0.25) is 4.79 Å². The second-order valence-electron chi connectivity index (χ2n) is 5.33. The Morgan fingerprint density at radius 1 is 1.15 bits per heavy atom. The van der Waals surface area contributed by atoms with E-state index in [1.807, 2.05) is 6.07 Å². The van der Waals surface area contributed by atoms with Crippen LogP contribution in [0.5, 0.6) is 11.5 Å². The summed E-state index contributed by atoms with van der Waals surface area (Å²) in [5.41, 5.74) is 0.682. The first-order valence-corrected chi connectivity index (χ1v) is 7.49. The van der Waals surface area contributed by atoms with E-state index in [-0.39, 0.29) is 24.5 Å². The van der Waals surface area contributed by atoms with Gasteiger partial charge in [-0.2, -0.15) is 5.26 Å². The molecule has 0 fully saturated rings. The first kappa shape index (κ1) is 19.1. The van der Waals surface area contributed by atoms with Crippen LogP contribution in [-0.4, -0.2) is 30.8 Å². The van der Waals surface area contributed by atoms with E-state index >= 15 is 0 Å². The van der Waals surface area contributed by atoms with Gasteiger partial charge < -0.3 is 14.4 Å². The molecule has 2 aromatic rings. The molecule has 0 aliphatic carbocycles. The summed E-state index contributed by atoms with van der Waals surface area (Å²) >= 11 is 0. The number of nitrogens with zero attached hydrogens (tertiary/aromatic N) is 2. The van der Waals surface area contributed by atoms with E-state index in [1.165, 1.54) is 30.1 Å². The minimum atomic E-state index is -4.81. The molecule has 2 aromatic carbocycles. The first-order chi connectivity index (χ1) is 12.3. The number of hydrogen-bond donors (Lipinski definition) is 0. The Labute approximate surface area is 148 Å². The largest absolute Gasteiger partial charge is 0.573 e. The van der Waals surface area contributed by atoms with Gasteiger partial charge in [0.1, 0.15) is 11.5 Å². The van der Waals surface area contributed by atoms with Crippen molar-refractivity contribution in [2.45, 2.75) is 12.9 Å². The fraction of sp³-hybridized carbons (Fsp3) is 0.222. The zero-order valence-corrected chi connectivity index (χ0v) is 13.8. The third-order valence-electron chi connectivity index (χ3n) is 3.38. The Kier molecular flexibility index (Phi) is 6.07. The number of nitriles is 1. The topological polar surface area (TPSA) is 62.6 Å². The van der Waals surface area contributed by atoms with Gasteiger partial charge in [-0.05, 0) is 30.3 Å². The number of amides is 1. The minimum absolute atomic E-state index is 0.0676. The van der Waals surface area contributed by atoms with Crippen molar-refractivity contribution in [2.75, 3.05) is 13.7 Å². The molecule has 0 bridgehead atoms. The number of para-hydroxylation sites is 1. The van der Waals surface area contributed by atoms with Crippen LogP contribution in [0.2, 0.25) is 0 Å². The summed E-state index contributed by atoms with van der Waals surface area (Å²) in [5, 5.41) is 8.72. The molecule has 1 amide bonds. The first-order valence-electron chi connectivity index (χ1n) is 7.49. The lowest BCUT2D eigenvalue weighted by atomic mass is 10.2. The molecule has 136 valence electrons. The fourth-order valence-electron chi connectivity index (χ4n) is 2.08. The van der Waals surface area contributed by atoms with E-state index < -0.39 is 12.3 Å². The Morgan fingerprint density at radius 3 is 2.42 bits per heavy atom. The van der Waals surface area contributed by atoms with Gasteiger partial charge >= 0.3 is 6.36 Å². The summed E-state index contributed by atoms with van der Waals surface area (Å²) in [6.07, 6.45) is -4.81. The molecule has 0 atom stereocenters. The van der Waals surface area contributed by atoms with Crippen LogP contribution in [-0.2, 0) is 11.3 Å². The molecule has 5 nitrogen and oxygen atoms in total. The molecule has 0 aliphatic heterocycles. The third-order valence-corrected chi connectivity index (χ3v) is 3.38. The number of carbonyl (C=O) groups excluding carboxylic acids is 1. The summed E-state index contributed by atoms with van der Waals surface area (Å²) in [5.74, 6) is -0.365. The molecule has 8 heteroatoms. The lowest BCUT2D eigenvalue weighted by Gasteiger charge is -2.20. The highest BCUT2D eigenvalue weighted by molar-refractivity contribution is 5.77. The monoisotopic (exact) mass is 364 g/mol. The SMILES string of the molecule is CN(Cc1ccccc1OC(F)(F)F)C(=O)COc1ccc(C#N)cc1. The number of rotatable bonds is 6. The molecule has 2 rings (SSSR count). The van der Waals surface area contributed by atoms with Gasteiger partial charge in [-0.25, -0.2) is 0 Å². The van der Waals surface area contributed by atoms with Gasteiger partial charge in [-0.1, -0.05) is 18.2 Å². The quantitative estimate of drug-likeness (QED) is 0.787. The summed E-state index contributed by atoms with van der Waals surface area (Å²) in [6.45, 7) is -0.355. The molecule has 0 aromatic heterocycles. The van der Waals surface area contributed by atoms with Crippen molar-refractivity contribution in [2.24, 2.45) is 0 Å². The molecule has 0 heterocycles. The molecule has 0 spiro atoms. The van der Waals surface area contributed by atoms with Gasteiger partial charge in [0.25, 0.3) is 5.91 Å². The third kappa shape index (κ3) is 5.70. The zero-order valence-electron chi connectivity index (χ0n) is 13.8. The molecule has 0 saturated carbocycles. The van der Waals surface area contributed by atoms with Gasteiger partial charge in [0.2, 0.25) is 0 Å². The summed E-state index contributed by atoms with van der Waals surface area (Å²) in [6, 6.07) is 13.8. The lowest BCUT2D eigenvalue weighted by molar-refractivity contribution is -0.275. The second-order valence-corrected chi connectivity index (χ2v) is 5.33. The van der Waals surface area contributed by atoms with E-state index in [0.29, 0.717) is 11.3 Å². The molecular weight excluding hydrogens is 349 g/mol. The highest BCUT2D eigenvalue weighted by Gasteiger charge is 2.32. The molecule has 0 aliphatic rings. The van der Waals surface area contributed by atoms with Crippen molar-refractivity contribution in [3.63, 3.8) is 0 Å². The number of likely N-dealkylation sites (N-methyl/N-ethyl adjacent to an activating group) is 1. The number of benzene rings is 2. The van der Waals surface area contributed by atoms with Gasteiger partial charge in [0.05, 0.1) is 11.6 Å². The van der Waals surface area contributed by atoms with E-state index in [1.54, 1.807) is 30.3 Å². The molecule has 0 radical (unpaired) electrons. The standard InChI is InChI=1S/C18H15F3N2O3/c1-23(11-14-4-2-3-5-16(14)26-18(19,20)21)17(24)12-25-15-8-6-13(10-22)7-9-15/h2-9H,11-12H2,1H3. The summed E-state index contributed by atoms with van der Waals surface area (Å²) in [7, 11) is 1.45. The number of halogens is 3. The van der Waals surface area contributed by atoms with Crippen LogP contribution in [0.1, 0.15) is 11.1 Å². The van der Waals surface area contributed by atoms with Gasteiger partial charge in [-0.15, -0.1) is 13.2 Å². The van der Waals surface area contributed by atoms with Crippen molar-refractivity contribution in [1.29, 1.82) is 5.26 Å². The maximum absolute atomic E-state index is 12.4. The van der Waals surface area contributed by atoms with Crippen molar-refractivity contribution in [1.82, 2.24) is 4.90 Å². The van der Waals surface area contributed by atoms with Gasteiger partial charge in [0, 0.05) is 19.2 Å². The average molecular weight is 364 g/mol. The summed E-state index contributed by atoms with van der Waals surface area (Å²) in [4.78, 5) is 13.4. The van der Waals surface area contributed by atoms with Crippen molar-refractivity contribution < 1.29 is 27.4 Å². The number of carbonyl (C=O) groups is 1. The average Bonchev–Trinajstić information content (AvgIpc) is 2.60. The predicted molar refractivity (Wildman–Crippen MR) is 86.3 cm³/mol. The Hall–Kier alpha value is -3.21. The minimum Gasteiger partial charge on any atom is -0.484 e. The van der Waals surface area contributed by atoms with Crippen LogP contribution in [0.3, 0.4) is 0 Å². The fourth-order valence-corrected chi connectivity index (χ4v) is 2.08. The van der Waals surface area contributed by atoms with Crippen LogP contribution in [0.4, 0.5) is 13.2 Å². The van der Waals surface area contributed by atoms with E-state index in [0.717, 1.165) is 0 Å². The van der Waals surface area contributed by atoms with Crippen LogP contribution in [0.15, 0.2) is 48.5 Å². The maximum Gasteiger partial charge on any atom is 0.573 e. The van der Waals surface area contributed by atoms with Crippen LogP contribution in [0.25, 0.3) is 0 Å². The predicted octanol–water partition coefficient (Wildman–Crippen LogP) is 3.49. The Morgan fingerprint density at radius 2 is 1.81 bits per heavy atom. The van der Waals surface area contributed by atoms with Crippen molar-refractivity contribution in [3.05, 3.63) is 59.7 Å². The van der Waals surface area contributed by atoms with E-state index in [9.17, 15) is 18.0 Å².